The molecule has 0 radical (unpaired) electrons. The van der Waals surface area contributed by atoms with Crippen molar-refractivity contribution in [3.05, 3.63) is 36.0 Å². The average Bonchev–Trinajstić information content (AvgIpc) is 3.05. The number of carbonyl (C=O) groups excluding carboxylic acids is 1. The van der Waals surface area contributed by atoms with Crippen molar-refractivity contribution in [2.75, 3.05) is 20.2 Å². The molecule has 2 atom stereocenters. The van der Waals surface area contributed by atoms with Crippen LogP contribution in [0.4, 0.5) is 0 Å². The number of hydrogen-bond acceptors (Lipinski definition) is 3. The number of hydrogen-bond donors (Lipinski definition) is 3. The predicted molar refractivity (Wildman–Crippen MR) is 73.2 cm³/mol. The van der Waals surface area contributed by atoms with Gasteiger partial charge in [0.05, 0.1) is 12.1 Å². The number of amides is 1. The molecule has 5 nitrogen and oxygen atoms in total. The SMILES string of the molecule is CO[C@H]1CNCC1NC(=O)c1ccc2[nH]ccc2c1. The van der Waals surface area contributed by atoms with E-state index < -0.39 is 0 Å². The number of H-pyrrole nitrogens is 1. The Morgan fingerprint density at radius 2 is 2.26 bits per heavy atom. The first-order valence-corrected chi connectivity index (χ1v) is 6.39. The number of ether oxygens (including phenoxy) is 1. The van der Waals surface area contributed by atoms with Gasteiger partial charge in [-0.3, -0.25) is 4.79 Å². The number of methoxy groups -OCH3 is 1. The Bertz CT molecular complexity index is 593. The molecule has 1 fully saturated rings. The molecule has 2 aromatic rings. The Balaban J connectivity index is 1.76. The maximum Gasteiger partial charge on any atom is 0.251 e. The molecular formula is C14H17N3O2. The van der Waals surface area contributed by atoms with Crippen LogP contribution in [-0.4, -0.2) is 43.2 Å². The summed E-state index contributed by atoms with van der Waals surface area (Å²) < 4.78 is 5.34. The number of benzene rings is 1. The van der Waals surface area contributed by atoms with Crippen LogP contribution in [0.2, 0.25) is 0 Å². The number of aromatic amines is 1. The third-order valence-electron chi connectivity index (χ3n) is 3.59. The molecule has 1 aromatic heterocycles. The normalized spacial score (nSPS) is 22.8. The molecule has 100 valence electrons. The largest absolute Gasteiger partial charge is 0.378 e. The summed E-state index contributed by atoms with van der Waals surface area (Å²) in [6, 6.07) is 7.63. The lowest BCUT2D eigenvalue weighted by molar-refractivity contribution is 0.0780. The highest BCUT2D eigenvalue weighted by Crippen LogP contribution is 2.14. The minimum Gasteiger partial charge on any atom is -0.378 e. The van der Waals surface area contributed by atoms with Gasteiger partial charge in [0.15, 0.2) is 0 Å². The van der Waals surface area contributed by atoms with Crippen LogP contribution in [0.15, 0.2) is 30.5 Å². The van der Waals surface area contributed by atoms with Crippen LogP contribution in [0, 0.1) is 0 Å². The minimum atomic E-state index is -0.0566. The molecule has 2 heterocycles. The summed E-state index contributed by atoms with van der Waals surface area (Å²) in [5.74, 6) is -0.0566. The van der Waals surface area contributed by atoms with Crippen LogP contribution in [-0.2, 0) is 4.74 Å². The van der Waals surface area contributed by atoms with Gasteiger partial charge in [0, 0.05) is 42.9 Å². The fraction of sp³-hybridized carbons (Fsp3) is 0.357. The zero-order valence-corrected chi connectivity index (χ0v) is 10.8. The van der Waals surface area contributed by atoms with E-state index in [0.29, 0.717) is 5.56 Å². The van der Waals surface area contributed by atoms with Gasteiger partial charge in [-0.15, -0.1) is 0 Å². The lowest BCUT2D eigenvalue weighted by atomic mass is 10.1. The summed E-state index contributed by atoms with van der Waals surface area (Å²) in [5.41, 5.74) is 1.71. The summed E-state index contributed by atoms with van der Waals surface area (Å²) in [6.45, 7) is 1.52. The Labute approximate surface area is 111 Å². The first-order valence-electron chi connectivity index (χ1n) is 6.39. The van der Waals surface area contributed by atoms with E-state index in [1.807, 2.05) is 30.5 Å². The molecule has 1 unspecified atom stereocenters. The number of rotatable bonds is 3. The van der Waals surface area contributed by atoms with E-state index in [-0.39, 0.29) is 18.1 Å². The number of carbonyl (C=O) groups is 1. The van der Waals surface area contributed by atoms with Gasteiger partial charge in [0.2, 0.25) is 0 Å². The van der Waals surface area contributed by atoms with Crippen molar-refractivity contribution in [3.63, 3.8) is 0 Å². The Morgan fingerprint density at radius 1 is 1.37 bits per heavy atom. The van der Waals surface area contributed by atoms with Crippen LogP contribution in [0.5, 0.6) is 0 Å². The van der Waals surface area contributed by atoms with Gasteiger partial charge in [0.25, 0.3) is 5.91 Å². The lowest BCUT2D eigenvalue weighted by Crippen LogP contribution is -2.43. The number of nitrogens with one attached hydrogen (secondary N) is 3. The molecule has 0 aliphatic carbocycles. The first kappa shape index (κ1) is 12.2. The topological polar surface area (TPSA) is 66.2 Å². The first-order chi connectivity index (χ1) is 9.28. The van der Waals surface area contributed by atoms with E-state index in [1.54, 1.807) is 7.11 Å². The highest BCUT2D eigenvalue weighted by molar-refractivity contribution is 5.98. The average molecular weight is 259 g/mol. The zero-order valence-electron chi connectivity index (χ0n) is 10.8. The van der Waals surface area contributed by atoms with E-state index in [4.69, 9.17) is 4.74 Å². The van der Waals surface area contributed by atoms with Crippen molar-refractivity contribution in [2.45, 2.75) is 12.1 Å². The highest BCUT2D eigenvalue weighted by atomic mass is 16.5. The van der Waals surface area contributed by atoms with Gasteiger partial charge in [0.1, 0.15) is 0 Å². The molecule has 0 bridgehead atoms. The second-order valence-electron chi connectivity index (χ2n) is 4.79. The van der Waals surface area contributed by atoms with Gasteiger partial charge >= 0.3 is 0 Å². The fourth-order valence-corrected chi connectivity index (χ4v) is 2.49. The minimum absolute atomic E-state index is 0.0272. The molecule has 1 saturated heterocycles. The van der Waals surface area contributed by atoms with Crippen molar-refractivity contribution in [1.82, 2.24) is 15.6 Å². The smallest absolute Gasteiger partial charge is 0.251 e. The van der Waals surface area contributed by atoms with Gasteiger partial charge in [-0.2, -0.15) is 0 Å². The third kappa shape index (κ3) is 2.34. The fourth-order valence-electron chi connectivity index (χ4n) is 2.49. The van der Waals surface area contributed by atoms with Gasteiger partial charge in [-0.25, -0.2) is 0 Å². The maximum absolute atomic E-state index is 12.2. The second-order valence-corrected chi connectivity index (χ2v) is 4.79. The van der Waals surface area contributed by atoms with Crippen LogP contribution < -0.4 is 10.6 Å². The number of fused-ring (bicyclic) bond motifs is 1. The summed E-state index contributed by atoms with van der Waals surface area (Å²) >= 11 is 0. The molecule has 5 heteroatoms. The predicted octanol–water partition coefficient (Wildman–Crippen LogP) is 0.884. The van der Waals surface area contributed by atoms with E-state index in [0.717, 1.165) is 24.0 Å². The Hall–Kier alpha value is -1.85. The Morgan fingerprint density at radius 3 is 3.11 bits per heavy atom. The molecule has 1 aliphatic rings. The number of aromatic nitrogens is 1. The lowest BCUT2D eigenvalue weighted by Gasteiger charge is -2.18. The van der Waals surface area contributed by atoms with Crippen molar-refractivity contribution in [1.29, 1.82) is 0 Å². The van der Waals surface area contributed by atoms with Crippen LogP contribution in [0.1, 0.15) is 10.4 Å². The van der Waals surface area contributed by atoms with Crippen LogP contribution in [0.3, 0.4) is 0 Å². The molecular weight excluding hydrogens is 242 g/mol. The van der Waals surface area contributed by atoms with Crippen molar-refractivity contribution in [2.24, 2.45) is 0 Å². The van der Waals surface area contributed by atoms with Crippen LogP contribution in [0.25, 0.3) is 10.9 Å². The highest BCUT2D eigenvalue weighted by Gasteiger charge is 2.28. The van der Waals surface area contributed by atoms with Gasteiger partial charge in [-0.05, 0) is 24.3 Å². The molecule has 1 aliphatic heterocycles. The van der Waals surface area contributed by atoms with E-state index in [9.17, 15) is 4.79 Å². The molecule has 0 saturated carbocycles. The zero-order chi connectivity index (χ0) is 13.2. The van der Waals surface area contributed by atoms with Gasteiger partial charge < -0.3 is 20.4 Å². The van der Waals surface area contributed by atoms with Crippen molar-refractivity contribution < 1.29 is 9.53 Å². The van der Waals surface area contributed by atoms with E-state index >= 15 is 0 Å². The quantitative estimate of drug-likeness (QED) is 0.766. The van der Waals surface area contributed by atoms with E-state index in [2.05, 4.69) is 15.6 Å². The molecule has 19 heavy (non-hydrogen) atoms. The standard InChI is InChI=1S/C14H17N3O2/c1-19-13-8-15-7-12(13)17-14(18)10-2-3-11-9(6-10)4-5-16-11/h2-6,12-13,15-16H,7-8H2,1H3,(H,17,18)/t12?,13-/m0/s1. The summed E-state index contributed by atoms with van der Waals surface area (Å²) in [4.78, 5) is 15.3. The van der Waals surface area contributed by atoms with Crippen molar-refractivity contribution >= 4 is 16.8 Å². The van der Waals surface area contributed by atoms with Crippen LogP contribution >= 0.6 is 0 Å². The summed E-state index contributed by atoms with van der Waals surface area (Å²) in [5, 5.41) is 7.27. The van der Waals surface area contributed by atoms with E-state index in [1.165, 1.54) is 0 Å². The second kappa shape index (κ2) is 5.03. The Kier molecular flexibility index (Phi) is 3.23. The summed E-state index contributed by atoms with van der Waals surface area (Å²) in [7, 11) is 1.67. The van der Waals surface area contributed by atoms with Gasteiger partial charge in [-0.1, -0.05) is 0 Å². The molecule has 3 rings (SSSR count). The maximum atomic E-state index is 12.2. The molecule has 1 amide bonds. The molecule has 3 N–H and O–H groups in total. The third-order valence-corrected chi connectivity index (χ3v) is 3.59. The molecule has 1 aromatic carbocycles. The monoisotopic (exact) mass is 259 g/mol. The summed E-state index contributed by atoms with van der Waals surface area (Å²) in [6.07, 6.45) is 1.91. The molecule has 0 spiro atoms. The van der Waals surface area contributed by atoms with Crippen molar-refractivity contribution in [3.8, 4) is 0 Å².